The summed E-state index contributed by atoms with van der Waals surface area (Å²) in [5.41, 5.74) is 12.6. The summed E-state index contributed by atoms with van der Waals surface area (Å²) in [4.78, 5) is 2.12. The highest BCUT2D eigenvalue weighted by Gasteiger charge is 2.17. The van der Waals surface area contributed by atoms with Gasteiger partial charge in [0.05, 0.1) is 11.4 Å². The number of nitrogens with zero attached hydrogens (tertiary/aromatic N) is 1. The second kappa shape index (κ2) is 7.24. The molecule has 4 N–H and O–H groups in total. The van der Waals surface area contributed by atoms with Gasteiger partial charge < -0.3 is 25.8 Å². The van der Waals surface area contributed by atoms with E-state index in [0.29, 0.717) is 28.6 Å². The molecule has 0 amide bonds. The summed E-state index contributed by atoms with van der Waals surface area (Å²) < 4.78 is 12.0. The van der Waals surface area contributed by atoms with Crippen LogP contribution in [0.2, 0.25) is 0 Å². The highest BCUT2D eigenvalue weighted by atomic mass is 16.5. The summed E-state index contributed by atoms with van der Waals surface area (Å²) in [7, 11) is 4.06. The number of nitrogen functional groups attached to an aromatic ring is 2. The lowest BCUT2D eigenvalue weighted by Gasteiger charge is -2.27. The molecule has 0 heterocycles. The van der Waals surface area contributed by atoms with Gasteiger partial charge in [-0.25, -0.2) is 0 Å². The van der Waals surface area contributed by atoms with Crippen LogP contribution in [-0.4, -0.2) is 31.1 Å². The molecule has 0 saturated heterocycles. The van der Waals surface area contributed by atoms with Gasteiger partial charge in [-0.15, -0.1) is 0 Å². The molecule has 2 rings (SSSR count). The molecule has 0 radical (unpaired) electrons. The number of ether oxygens (including phenoxy) is 2. The predicted molar refractivity (Wildman–Crippen MR) is 95.0 cm³/mol. The molecule has 0 aliphatic heterocycles. The Balaban J connectivity index is 2.18. The van der Waals surface area contributed by atoms with Crippen molar-refractivity contribution >= 4 is 11.4 Å². The molecule has 5 heteroatoms. The van der Waals surface area contributed by atoms with Gasteiger partial charge in [-0.2, -0.15) is 0 Å². The van der Waals surface area contributed by atoms with Crippen molar-refractivity contribution in [1.82, 2.24) is 4.90 Å². The van der Waals surface area contributed by atoms with Crippen LogP contribution in [0, 0.1) is 0 Å². The standard InChI is InChI=1S/C18H25N3O2/c1-12(21(3)4)13(2)22-17-7-5-6-8-18(17)23-14-9-10-15(19)16(20)11-14/h5-13H,19-20H2,1-4H3. The molecule has 124 valence electrons. The van der Waals surface area contributed by atoms with Crippen LogP contribution in [0.15, 0.2) is 42.5 Å². The van der Waals surface area contributed by atoms with Crippen molar-refractivity contribution in [2.24, 2.45) is 0 Å². The maximum Gasteiger partial charge on any atom is 0.169 e. The first-order valence-corrected chi connectivity index (χ1v) is 7.63. The van der Waals surface area contributed by atoms with Crippen molar-refractivity contribution in [2.45, 2.75) is 26.0 Å². The minimum absolute atomic E-state index is 0.0197. The number of hydrogen-bond acceptors (Lipinski definition) is 5. The maximum atomic E-state index is 6.07. The molecular weight excluding hydrogens is 290 g/mol. The van der Waals surface area contributed by atoms with E-state index in [1.165, 1.54) is 0 Å². The quantitative estimate of drug-likeness (QED) is 0.800. The minimum Gasteiger partial charge on any atom is -0.485 e. The molecule has 2 unspecified atom stereocenters. The molecular formula is C18H25N3O2. The van der Waals surface area contributed by atoms with Crippen molar-refractivity contribution in [1.29, 1.82) is 0 Å². The van der Waals surface area contributed by atoms with Gasteiger partial charge >= 0.3 is 0 Å². The Kier molecular flexibility index (Phi) is 5.34. The molecule has 0 fully saturated rings. The molecule has 0 aliphatic carbocycles. The van der Waals surface area contributed by atoms with Gasteiger partial charge in [-0.3, -0.25) is 0 Å². The van der Waals surface area contributed by atoms with Crippen molar-refractivity contribution in [3.63, 3.8) is 0 Å². The van der Waals surface area contributed by atoms with E-state index in [1.54, 1.807) is 18.2 Å². The second-order valence-electron chi connectivity index (χ2n) is 5.87. The number of benzene rings is 2. The molecule has 0 bridgehead atoms. The summed E-state index contributed by atoms with van der Waals surface area (Å²) in [6.07, 6.45) is 0.0197. The molecule has 23 heavy (non-hydrogen) atoms. The van der Waals surface area contributed by atoms with Crippen LogP contribution < -0.4 is 20.9 Å². The fourth-order valence-corrected chi connectivity index (χ4v) is 2.09. The fourth-order valence-electron chi connectivity index (χ4n) is 2.09. The molecule has 2 aromatic carbocycles. The molecule has 2 atom stereocenters. The van der Waals surface area contributed by atoms with Crippen LogP contribution in [0.25, 0.3) is 0 Å². The van der Waals surface area contributed by atoms with Gasteiger partial charge in [0.1, 0.15) is 11.9 Å². The highest BCUT2D eigenvalue weighted by molar-refractivity contribution is 5.65. The number of nitrogens with two attached hydrogens (primary N) is 2. The van der Waals surface area contributed by atoms with Crippen LogP contribution in [0.3, 0.4) is 0 Å². The Morgan fingerprint density at radius 1 is 0.913 bits per heavy atom. The maximum absolute atomic E-state index is 6.07. The first-order valence-electron chi connectivity index (χ1n) is 7.63. The van der Waals surface area contributed by atoms with E-state index in [-0.39, 0.29) is 12.1 Å². The SMILES string of the molecule is CC(Oc1ccccc1Oc1ccc(N)c(N)c1)C(C)N(C)C. The molecule has 0 aliphatic rings. The van der Waals surface area contributed by atoms with Crippen molar-refractivity contribution in [3.8, 4) is 17.2 Å². The van der Waals surface area contributed by atoms with E-state index in [4.69, 9.17) is 20.9 Å². The number of para-hydroxylation sites is 2. The number of hydrogen-bond donors (Lipinski definition) is 2. The number of rotatable bonds is 6. The van der Waals surface area contributed by atoms with Crippen LogP contribution in [0.5, 0.6) is 17.2 Å². The Labute approximate surface area is 137 Å². The van der Waals surface area contributed by atoms with Crippen molar-refractivity contribution < 1.29 is 9.47 Å². The minimum atomic E-state index is 0.0197. The van der Waals surface area contributed by atoms with E-state index >= 15 is 0 Å². The lowest BCUT2D eigenvalue weighted by atomic mass is 10.2. The van der Waals surface area contributed by atoms with Gasteiger partial charge in [-0.05, 0) is 52.2 Å². The lowest BCUT2D eigenvalue weighted by Crippen LogP contribution is -2.38. The third-order valence-electron chi connectivity index (χ3n) is 3.94. The zero-order valence-electron chi connectivity index (χ0n) is 14.1. The zero-order valence-corrected chi connectivity index (χ0v) is 14.1. The molecule has 0 saturated carbocycles. The van der Waals surface area contributed by atoms with Gasteiger partial charge in [0.2, 0.25) is 0 Å². The Hall–Kier alpha value is -2.40. The Bertz CT molecular complexity index is 658. The summed E-state index contributed by atoms with van der Waals surface area (Å²) in [6.45, 7) is 4.16. The number of likely N-dealkylation sites (N-methyl/N-ethyl adjacent to an activating group) is 1. The van der Waals surface area contributed by atoms with Crippen molar-refractivity contribution in [3.05, 3.63) is 42.5 Å². The smallest absolute Gasteiger partial charge is 0.169 e. The topological polar surface area (TPSA) is 73.7 Å². The fraction of sp³-hybridized carbons (Fsp3) is 0.333. The molecule has 5 nitrogen and oxygen atoms in total. The average molecular weight is 315 g/mol. The summed E-state index contributed by atoms with van der Waals surface area (Å²) >= 11 is 0. The third-order valence-corrected chi connectivity index (χ3v) is 3.94. The Morgan fingerprint density at radius 2 is 1.57 bits per heavy atom. The molecule has 0 aromatic heterocycles. The first-order chi connectivity index (χ1) is 10.9. The van der Waals surface area contributed by atoms with Gasteiger partial charge in [0, 0.05) is 12.1 Å². The predicted octanol–water partition coefficient (Wildman–Crippen LogP) is 3.36. The molecule has 0 spiro atoms. The average Bonchev–Trinajstić information content (AvgIpc) is 2.52. The van der Waals surface area contributed by atoms with Gasteiger partial charge in [0.25, 0.3) is 0 Å². The van der Waals surface area contributed by atoms with Crippen LogP contribution in [0.4, 0.5) is 11.4 Å². The van der Waals surface area contributed by atoms with Crippen molar-refractivity contribution in [2.75, 3.05) is 25.6 Å². The monoisotopic (exact) mass is 315 g/mol. The Morgan fingerprint density at radius 3 is 2.17 bits per heavy atom. The highest BCUT2D eigenvalue weighted by Crippen LogP contribution is 2.33. The van der Waals surface area contributed by atoms with Crippen LogP contribution >= 0.6 is 0 Å². The second-order valence-corrected chi connectivity index (χ2v) is 5.87. The van der Waals surface area contributed by atoms with Gasteiger partial charge in [0.15, 0.2) is 11.5 Å². The lowest BCUT2D eigenvalue weighted by molar-refractivity contribution is 0.119. The van der Waals surface area contributed by atoms with E-state index in [9.17, 15) is 0 Å². The normalized spacial score (nSPS) is 13.6. The largest absolute Gasteiger partial charge is 0.485 e. The van der Waals surface area contributed by atoms with Gasteiger partial charge in [-0.1, -0.05) is 12.1 Å². The van der Waals surface area contributed by atoms with E-state index < -0.39 is 0 Å². The first kappa shape index (κ1) is 17.0. The van der Waals surface area contributed by atoms with E-state index in [2.05, 4.69) is 11.8 Å². The van der Waals surface area contributed by atoms with Crippen LogP contribution in [0.1, 0.15) is 13.8 Å². The van der Waals surface area contributed by atoms with Crippen LogP contribution in [-0.2, 0) is 0 Å². The van der Waals surface area contributed by atoms with E-state index in [0.717, 1.165) is 0 Å². The van der Waals surface area contributed by atoms with E-state index in [1.807, 2.05) is 45.3 Å². The summed E-state index contributed by atoms with van der Waals surface area (Å²) in [5, 5.41) is 0. The molecule has 2 aromatic rings. The summed E-state index contributed by atoms with van der Waals surface area (Å²) in [6, 6.07) is 13.1. The zero-order chi connectivity index (χ0) is 17.0. The summed E-state index contributed by atoms with van der Waals surface area (Å²) in [5.74, 6) is 1.97. The third kappa shape index (κ3) is 4.29. The number of anilines is 2.